The van der Waals surface area contributed by atoms with Crippen molar-refractivity contribution in [2.75, 3.05) is 19.8 Å². The summed E-state index contributed by atoms with van der Waals surface area (Å²) in [7, 11) is 0. The molecule has 0 atom stereocenters. The molecule has 1 fully saturated rings. The summed E-state index contributed by atoms with van der Waals surface area (Å²) in [5.41, 5.74) is 1.53. The topological polar surface area (TPSA) is 51.2 Å². The number of aryl methyl sites for hydroxylation is 1. The molecule has 1 aromatic heterocycles. The SMILES string of the molecule is Cc1nc(-c2ccc(F)cc2)sc1C(=O)NCC1CCOCC1. The predicted octanol–water partition coefficient (Wildman–Crippen LogP) is 3.41. The van der Waals surface area contributed by atoms with Crippen molar-refractivity contribution in [1.82, 2.24) is 10.3 Å². The third kappa shape index (κ3) is 3.95. The monoisotopic (exact) mass is 334 g/mol. The Morgan fingerprint density at radius 2 is 2.04 bits per heavy atom. The summed E-state index contributed by atoms with van der Waals surface area (Å²) >= 11 is 1.34. The fourth-order valence-corrected chi connectivity index (χ4v) is 3.58. The molecule has 0 radical (unpaired) electrons. The van der Waals surface area contributed by atoms with Crippen LogP contribution in [0.25, 0.3) is 10.6 Å². The van der Waals surface area contributed by atoms with Gasteiger partial charge in [-0.25, -0.2) is 9.37 Å². The summed E-state index contributed by atoms with van der Waals surface area (Å²) in [6, 6.07) is 6.16. The van der Waals surface area contributed by atoms with E-state index in [9.17, 15) is 9.18 Å². The smallest absolute Gasteiger partial charge is 0.263 e. The molecule has 1 saturated heterocycles. The molecule has 0 unspecified atom stereocenters. The first-order valence-corrected chi connectivity index (χ1v) is 8.54. The van der Waals surface area contributed by atoms with Gasteiger partial charge in [-0.1, -0.05) is 0 Å². The number of carbonyl (C=O) groups excluding carboxylic acids is 1. The fraction of sp³-hybridized carbons (Fsp3) is 0.412. The summed E-state index contributed by atoms with van der Waals surface area (Å²) in [4.78, 5) is 17.4. The van der Waals surface area contributed by atoms with E-state index >= 15 is 0 Å². The Kier molecular flexibility index (Phi) is 5.03. The van der Waals surface area contributed by atoms with Gasteiger partial charge in [0, 0.05) is 25.3 Å². The number of aromatic nitrogens is 1. The number of halogens is 1. The molecule has 6 heteroatoms. The van der Waals surface area contributed by atoms with Crippen molar-refractivity contribution in [1.29, 1.82) is 0 Å². The highest BCUT2D eigenvalue weighted by Gasteiger charge is 2.19. The van der Waals surface area contributed by atoms with Crippen molar-refractivity contribution in [3.05, 3.63) is 40.7 Å². The summed E-state index contributed by atoms with van der Waals surface area (Å²) < 4.78 is 18.3. The molecule has 0 saturated carbocycles. The maximum absolute atomic E-state index is 13.0. The summed E-state index contributed by atoms with van der Waals surface area (Å²) in [6.45, 7) is 4.04. The third-order valence-electron chi connectivity index (χ3n) is 3.99. The summed E-state index contributed by atoms with van der Waals surface area (Å²) in [5.74, 6) is 0.119. The predicted molar refractivity (Wildman–Crippen MR) is 88.1 cm³/mol. The Morgan fingerprint density at radius 1 is 1.35 bits per heavy atom. The molecular weight excluding hydrogens is 315 g/mol. The molecule has 1 aromatic carbocycles. The van der Waals surface area contributed by atoms with Crippen LogP contribution in [-0.4, -0.2) is 30.6 Å². The van der Waals surface area contributed by atoms with Crippen molar-refractivity contribution < 1.29 is 13.9 Å². The van der Waals surface area contributed by atoms with E-state index in [1.807, 2.05) is 6.92 Å². The van der Waals surface area contributed by atoms with Crippen LogP contribution in [0, 0.1) is 18.7 Å². The Bertz CT molecular complexity index is 678. The van der Waals surface area contributed by atoms with Gasteiger partial charge in [-0.2, -0.15) is 0 Å². The number of thiazole rings is 1. The van der Waals surface area contributed by atoms with Crippen LogP contribution in [0.1, 0.15) is 28.2 Å². The molecule has 3 rings (SSSR count). The number of nitrogens with zero attached hydrogens (tertiary/aromatic N) is 1. The van der Waals surface area contributed by atoms with Gasteiger partial charge in [-0.3, -0.25) is 4.79 Å². The van der Waals surface area contributed by atoms with E-state index in [0.717, 1.165) is 36.6 Å². The minimum atomic E-state index is -0.281. The van der Waals surface area contributed by atoms with Crippen LogP contribution in [0.3, 0.4) is 0 Å². The van der Waals surface area contributed by atoms with E-state index < -0.39 is 0 Å². The molecule has 122 valence electrons. The van der Waals surface area contributed by atoms with Crippen LogP contribution in [0.2, 0.25) is 0 Å². The standard InChI is InChI=1S/C17H19FN2O2S/c1-11-15(16(21)19-10-12-6-8-22-9-7-12)23-17(20-11)13-2-4-14(18)5-3-13/h2-5,12H,6-10H2,1H3,(H,19,21). The van der Waals surface area contributed by atoms with Gasteiger partial charge in [0.15, 0.2) is 0 Å². The number of hydrogen-bond donors (Lipinski definition) is 1. The number of carbonyl (C=O) groups is 1. The van der Waals surface area contributed by atoms with Gasteiger partial charge in [0.05, 0.1) is 5.69 Å². The lowest BCUT2D eigenvalue weighted by atomic mass is 10.0. The molecule has 0 bridgehead atoms. The molecule has 4 nitrogen and oxygen atoms in total. The number of rotatable bonds is 4. The first kappa shape index (κ1) is 16.1. The Labute approximate surface area is 138 Å². The van der Waals surface area contributed by atoms with E-state index in [1.165, 1.54) is 23.5 Å². The van der Waals surface area contributed by atoms with E-state index in [2.05, 4.69) is 10.3 Å². The van der Waals surface area contributed by atoms with Gasteiger partial charge < -0.3 is 10.1 Å². The van der Waals surface area contributed by atoms with E-state index in [1.54, 1.807) is 12.1 Å². The molecule has 23 heavy (non-hydrogen) atoms. The second-order valence-corrected chi connectivity index (χ2v) is 6.71. The second kappa shape index (κ2) is 7.19. The van der Waals surface area contributed by atoms with Gasteiger partial charge in [0.25, 0.3) is 5.91 Å². The average Bonchev–Trinajstić information content (AvgIpc) is 2.96. The molecule has 0 spiro atoms. The van der Waals surface area contributed by atoms with E-state index in [0.29, 0.717) is 23.0 Å². The van der Waals surface area contributed by atoms with Crippen LogP contribution >= 0.6 is 11.3 Å². The van der Waals surface area contributed by atoms with Crippen LogP contribution in [0.15, 0.2) is 24.3 Å². The van der Waals surface area contributed by atoms with Crippen LogP contribution in [0.4, 0.5) is 4.39 Å². The summed E-state index contributed by atoms with van der Waals surface area (Å²) in [6.07, 6.45) is 1.98. The molecule has 2 aromatic rings. The van der Waals surface area contributed by atoms with E-state index in [-0.39, 0.29) is 11.7 Å². The van der Waals surface area contributed by atoms with Crippen molar-refractivity contribution in [2.45, 2.75) is 19.8 Å². The molecule has 1 amide bonds. The molecule has 1 aliphatic rings. The number of benzene rings is 1. The molecule has 1 N–H and O–H groups in total. The highest BCUT2D eigenvalue weighted by Crippen LogP contribution is 2.28. The van der Waals surface area contributed by atoms with Gasteiger partial charge in [-0.05, 0) is 49.9 Å². The third-order valence-corrected chi connectivity index (χ3v) is 5.19. The Balaban J connectivity index is 1.67. The van der Waals surface area contributed by atoms with Crippen molar-refractivity contribution in [2.24, 2.45) is 5.92 Å². The van der Waals surface area contributed by atoms with Crippen molar-refractivity contribution >= 4 is 17.2 Å². The lowest BCUT2D eigenvalue weighted by molar-refractivity contribution is 0.0643. The zero-order chi connectivity index (χ0) is 16.2. The van der Waals surface area contributed by atoms with Gasteiger partial charge in [-0.15, -0.1) is 11.3 Å². The molecule has 2 heterocycles. The minimum absolute atomic E-state index is 0.0835. The van der Waals surface area contributed by atoms with Crippen molar-refractivity contribution in [3.63, 3.8) is 0 Å². The minimum Gasteiger partial charge on any atom is -0.381 e. The van der Waals surface area contributed by atoms with Crippen LogP contribution in [0.5, 0.6) is 0 Å². The highest BCUT2D eigenvalue weighted by molar-refractivity contribution is 7.17. The lowest BCUT2D eigenvalue weighted by Crippen LogP contribution is -2.32. The Hall–Kier alpha value is -1.79. The van der Waals surface area contributed by atoms with Gasteiger partial charge in [0.2, 0.25) is 0 Å². The largest absolute Gasteiger partial charge is 0.381 e. The number of hydrogen-bond acceptors (Lipinski definition) is 4. The molecule has 1 aliphatic heterocycles. The quantitative estimate of drug-likeness (QED) is 0.932. The highest BCUT2D eigenvalue weighted by atomic mass is 32.1. The zero-order valence-electron chi connectivity index (χ0n) is 13.0. The normalized spacial score (nSPS) is 15.6. The maximum atomic E-state index is 13.0. The maximum Gasteiger partial charge on any atom is 0.263 e. The van der Waals surface area contributed by atoms with Gasteiger partial charge in [0.1, 0.15) is 15.7 Å². The van der Waals surface area contributed by atoms with Crippen LogP contribution < -0.4 is 5.32 Å². The van der Waals surface area contributed by atoms with Crippen molar-refractivity contribution in [3.8, 4) is 10.6 Å². The van der Waals surface area contributed by atoms with E-state index in [4.69, 9.17) is 4.74 Å². The second-order valence-electron chi connectivity index (χ2n) is 5.71. The molecule has 0 aliphatic carbocycles. The first-order valence-electron chi connectivity index (χ1n) is 7.73. The summed E-state index contributed by atoms with van der Waals surface area (Å²) in [5, 5.41) is 3.73. The Morgan fingerprint density at radius 3 is 2.74 bits per heavy atom. The molecular formula is C17H19FN2O2S. The average molecular weight is 334 g/mol. The zero-order valence-corrected chi connectivity index (χ0v) is 13.8. The van der Waals surface area contributed by atoms with Crippen LogP contribution in [-0.2, 0) is 4.74 Å². The first-order chi connectivity index (χ1) is 11.1. The fourth-order valence-electron chi connectivity index (χ4n) is 2.59. The number of nitrogens with one attached hydrogen (secondary N) is 1. The number of amides is 1. The lowest BCUT2D eigenvalue weighted by Gasteiger charge is -2.21. The van der Waals surface area contributed by atoms with Gasteiger partial charge >= 0.3 is 0 Å². The number of ether oxygens (including phenoxy) is 1.